The number of amidine groups is 1. The predicted octanol–water partition coefficient (Wildman–Crippen LogP) is 6.16. The van der Waals surface area contributed by atoms with E-state index in [0.29, 0.717) is 28.6 Å². The average molecular weight is 574 g/mol. The van der Waals surface area contributed by atoms with Gasteiger partial charge in [0.25, 0.3) is 5.91 Å². The molecule has 0 aliphatic carbocycles. The van der Waals surface area contributed by atoms with Crippen LogP contribution in [0.1, 0.15) is 12.5 Å². The summed E-state index contributed by atoms with van der Waals surface area (Å²) in [6, 6.07) is 16.8. The first kappa shape index (κ1) is 27.9. The molecule has 0 unspecified atom stereocenters. The van der Waals surface area contributed by atoms with Gasteiger partial charge < -0.3 is 19.9 Å². The maximum Gasteiger partial charge on any atom is 0.387 e. The summed E-state index contributed by atoms with van der Waals surface area (Å²) in [6.45, 7) is -0.880. The number of rotatable bonds is 9. The van der Waals surface area contributed by atoms with Crippen LogP contribution in [0.5, 0.6) is 17.2 Å². The van der Waals surface area contributed by atoms with Crippen molar-refractivity contribution in [3.8, 4) is 17.2 Å². The Kier molecular flexibility index (Phi) is 9.05. The maximum atomic E-state index is 13.4. The zero-order valence-electron chi connectivity index (χ0n) is 20.4. The minimum atomic E-state index is -2.99. The summed E-state index contributed by atoms with van der Waals surface area (Å²) >= 11 is 6.99. The molecule has 1 heterocycles. The van der Waals surface area contributed by atoms with Crippen molar-refractivity contribution in [1.82, 2.24) is 0 Å². The Hall–Kier alpha value is -4.09. The molecule has 0 radical (unpaired) electrons. The topological polar surface area (TPSA) is 100 Å². The monoisotopic (exact) mass is 573 g/mol. The van der Waals surface area contributed by atoms with Crippen molar-refractivity contribution < 1.29 is 33.0 Å². The van der Waals surface area contributed by atoms with Crippen molar-refractivity contribution in [2.45, 2.75) is 13.5 Å². The predicted molar refractivity (Wildman–Crippen MR) is 148 cm³/mol. The highest BCUT2D eigenvalue weighted by Gasteiger charge is 2.32. The van der Waals surface area contributed by atoms with Crippen LogP contribution in [-0.4, -0.2) is 41.1 Å². The van der Waals surface area contributed by atoms with Gasteiger partial charge in [0, 0.05) is 10.7 Å². The highest BCUT2D eigenvalue weighted by atomic mass is 35.5. The molecule has 0 saturated heterocycles. The second-order valence-corrected chi connectivity index (χ2v) is 9.32. The normalized spacial score (nSPS) is 14.1. The number of thioether (sulfide) groups is 1. The van der Waals surface area contributed by atoms with Gasteiger partial charge in [-0.1, -0.05) is 35.5 Å². The van der Waals surface area contributed by atoms with Crippen molar-refractivity contribution in [2.75, 3.05) is 22.6 Å². The Morgan fingerprint density at radius 3 is 2.64 bits per heavy atom. The van der Waals surface area contributed by atoms with E-state index in [1.165, 1.54) is 41.3 Å². The Labute approximate surface area is 231 Å². The number of nitrogens with zero attached hydrogens (tertiary/aromatic N) is 2. The molecule has 3 aromatic rings. The maximum absolute atomic E-state index is 13.4. The second-order valence-electron chi connectivity index (χ2n) is 7.94. The van der Waals surface area contributed by atoms with Crippen LogP contribution in [0, 0.1) is 0 Å². The van der Waals surface area contributed by atoms with E-state index < -0.39 is 12.5 Å². The van der Waals surface area contributed by atoms with Crippen LogP contribution in [0.25, 0.3) is 6.08 Å². The lowest BCUT2D eigenvalue weighted by molar-refractivity contribution is -0.114. The fourth-order valence-corrected chi connectivity index (χ4v) is 4.54. The van der Waals surface area contributed by atoms with Gasteiger partial charge in [-0.05, 0) is 73.2 Å². The summed E-state index contributed by atoms with van der Waals surface area (Å²) in [4.78, 5) is 31.7. The van der Waals surface area contributed by atoms with E-state index in [-0.39, 0.29) is 39.8 Å². The highest BCUT2D eigenvalue weighted by molar-refractivity contribution is 8.14. The number of carbonyl (C=O) groups is 2. The van der Waals surface area contributed by atoms with Crippen molar-refractivity contribution >= 4 is 57.8 Å². The van der Waals surface area contributed by atoms with Crippen LogP contribution in [0.4, 0.5) is 20.2 Å². The van der Waals surface area contributed by atoms with E-state index in [2.05, 4.69) is 15.0 Å². The molecule has 4 rings (SSSR count). The van der Waals surface area contributed by atoms with Crippen molar-refractivity contribution in [3.05, 3.63) is 83.0 Å². The summed E-state index contributed by atoms with van der Waals surface area (Å²) in [5, 5.41) is 13.4. The summed E-state index contributed by atoms with van der Waals surface area (Å²) in [7, 11) is 0. The molecule has 2 amide bonds. The fraction of sp³-hybridized carbons (Fsp3) is 0.148. The molecule has 0 bridgehead atoms. The van der Waals surface area contributed by atoms with Gasteiger partial charge in [0.2, 0.25) is 5.91 Å². The molecule has 39 heavy (non-hydrogen) atoms. The molecule has 0 aromatic heterocycles. The second kappa shape index (κ2) is 12.6. The van der Waals surface area contributed by atoms with Crippen LogP contribution in [0.3, 0.4) is 0 Å². The number of phenols is 1. The van der Waals surface area contributed by atoms with Gasteiger partial charge >= 0.3 is 6.61 Å². The lowest BCUT2D eigenvalue weighted by Gasteiger charge is -2.18. The van der Waals surface area contributed by atoms with E-state index in [0.717, 1.165) is 11.8 Å². The fourth-order valence-electron chi connectivity index (χ4n) is 3.54. The molecule has 12 heteroatoms. The van der Waals surface area contributed by atoms with Crippen molar-refractivity contribution in [3.63, 3.8) is 0 Å². The number of aromatic hydroxyl groups is 1. The Morgan fingerprint density at radius 1 is 1.18 bits per heavy atom. The third-order valence-corrected chi connectivity index (χ3v) is 6.35. The van der Waals surface area contributed by atoms with Crippen LogP contribution in [0.15, 0.2) is 77.4 Å². The molecule has 2 N–H and O–H groups in total. The molecule has 8 nitrogen and oxygen atoms in total. The molecule has 0 spiro atoms. The van der Waals surface area contributed by atoms with Gasteiger partial charge in [-0.3, -0.25) is 14.5 Å². The molecular formula is C27H22ClF2N3O5S. The van der Waals surface area contributed by atoms with Crippen LogP contribution in [0.2, 0.25) is 5.02 Å². The number of benzene rings is 3. The zero-order chi connectivity index (χ0) is 27.9. The van der Waals surface area contributed by atoms with E-state index in [4.69, 9.17) is 16.3 Å². The molecule has 1 aliphatic heterocycles. The minimum absolute atomic E-state index is 0.0463. The molecule has 3 aromatic carbocycles. The molecule has 0 atom stereocenters. The molecular weight excluding hydrogens is 552 g/mol. The van der Waals surface area contributed by atoms with Gasteiger partial charge in [-0.2, -0.15) is 8.78 Å². The summed E-state index contributed by atoms with van der Waals surface area (Å²) in [5.41, 5.74) is 1.47. The minimum Gasteiger partial charge on any atom is -0.504 e. The number of phenolic OH excluding ortho intramolecular Hbond substituents is 1. The van der Waals surface area contributed by atoms with E-state index in [1.807, 2.05) is 0 Å². The van der Waals surface area contributed by atoms with Crippen molar-refractivity contribution in [1.29, 1.82) is 0 Å². The van der Waals surface area contributed by atoms with Gasteiger partial charge in [0.1, 0.15) is 11.4 Å². The van der Waals surface area contributed by atoms with Crippen LogP contribution >= 0.6 is 23.4 Å². The summed E-state index contributed by atoms with van der Waals surface area (Å²) in [6.07, 6.45) is 1.52. The number of aliphatic imine (C=N–C) groups is 1. The molecule has 0 fully saturated rings. The van der Waals surface area contributed by atoms with Crippen molar-refractivity contribution in [2.24, 2.45) is 4.99 Å². The van der Waals surface area contributed by atoms with Gasteiger partial charge in [-0.15, -0.1) is 0 Å². The molecule has 202 valence electrons. The number of nitrogens with one attached hydrogen (secondary N) is 1. The number of alkyl halides is 2. The Morgan fingerprint density at radius 2 is 1.95 bits per heavy atom. The third kappa shape index (κ3) is 7.27. The van der Waals surface area contributed by atoms with Crippen LogP contribution < -0.4 is 19.7 Å². The highest BCUT2D eigenvalue weighted by Crippen LogP contribution is 2.33. The van der Waals surface area contributed by atoms with Gasteiger partial charge in [-0.25, -0.2) is 4.99 Å². The zero-order valence-corrected chi connectivity index (χ0v) is 22.0. The quantitative estimate of drug-likeness (QED) is 0.297. The van der Waals surface area contributed by atoms with Gasteiger partial charge in [0.15, 0.2) is 16.7 Å². The van der Waals surface area contributed by atoms with E-state index in [1.54, 1.807) is 43.3 Å². The summed E-state index contributed by atoms with van der Waals surface area (Å²) in [5.74, 6) is -0.801. The lowest BCUT2D eigenvalue weighted by Crippen LogP contribution is -2.31. The molecule has 0 saturated carbocycles. The standard InChI is InChI=1S/C27H22ClF2N3O5S/c1-2-37-23-13-16(6-11-22(23)34)12-21-25(36)33(19-7-9-20(10-8-19)38-26(29)30)27(32-21)39-15-24(35)31-18-5-3-4-17(28)14-18/h3-14,26,34H,2,15H2,1H3,(H,31,35)/b21-12+. The Balaban J connectivity index is 1.60. The third-order valence-electron chi connectivity index (χ3n) is 5.18. The number of halogens is 3. The SMILES string of the molecule is CCOc1cc(/C=C2/N=C(SCC(=O)Nc3cccc(Cl)c3)N(c3ccc(OC(F)F)cc3)C2=O)ccc1O. The molecule has 1 aliphatic rings. The number of ether oxygens (including phenoxy) is 2. The number of anilines is 2. The number of hydrogen-bond donors (Lipinski definition) is 2. The van der Waals surface area contributed by atoms with E-state index >= 15 is 0 Å². The average Bonchev–Trinajstić information content (AvgIpc) is 3.19. The lowest BCUT2D eigenvalue weighted by atomic mass is 10.1. The number of carbonyl (C=O) groups excluding carboxylic acids is 2. The summed E-state index contributed by atoms with van der Waals surface area (Å²) < 4.78 is 34.9. The number of hydrogen-bond acceptors (Lipinski definition) is 7. The van der Waals surface area contributed by atoms with Gasteiger partial charge in [0.05, 0.1) is 18.0 Å². The number of amides is 2. The smallest absolute Gasteiger partial charge is 0.387 e. The first-order valence-corrected chi connectivity index (χ1v) is 12.9. The first-order chi connectivity index (χ1) is 18.7. The van der Waals surface area contributed by atoms with E-state index in [9.17, 15) is 23.5 Å². The van der Waals surface area contributed by atoms with Crippen LogP contribution in [-0.2, 0) is 9.59 Å². The largest absolute Gasteiger partial charge is 0.504 e. The Bertz CT molecular complexity index is 1430. The first-order valence-electron chi connectivity index (χ1n) is 11.6.